The molecule has 1 aromatic carbocycles. The Bertz CT molecular complexity index is 442. The number of benzene rings is 1. The molecule has 122 valence electrons. The smallest absolute Gasteiger partial charge is 0.121 e. The quantitative estimate of drug-likeness (QED) is 0.760. The Hall–Kier alpha value is -1.30. The lowest BCUT2D eigenvalue weighted by molar-refractivity contribution is 0.214. The van der Waals surface area contributed by atoms with Crippen molar-refractivity contribution in [2.24, 2.45) is 0 Å². The standard InChI is InChI=1S/C17H28N4O/c1-3-16(21-12-7-19-8-13-21)15-17(4-1)22-14-2-9-20-10-5-18-6-11-20/h1,3-4,15,18-19H,2,5-14H2. The number of anilines is 1. The second-order valence-electron chi connectivity index (χ2n) is 6.03. The molecular weight excluding hydrogens is 276 g/mol. The molecule has 2 aliphatic heterocycles. The summed E-state index contributed by atoms with van der Waals surface area (Å²) < 4.78 is 5.94. The van der Waals surface area contributed by atoms with Crippen LogP contribution in [0.5, 0.6) is 5.75 Å². The zero-order chi connectivity index (χ0) is 15.0. The lowest BCUT2D eigenvalue weighted by Crippen LogP contribution is -2.44. The molecule has 0 aliphatic carbocycles. The number of piperazine rings is 2. The number of nitrogens with zero attached hydrogens (tertiary/aromatic N) is 2. The third-order valence-corrected chi connectivity index (χ3v) is 4.40. The van der Waals surface area contributed by atoms with Gasteiger partial charge in [-0.15, -0.1) is 0 Å². The first-order valence-electron chi connectivity index (χ1n) is 8.53. The van der Waals surface area contributed by atoms with Gasteiger partial charge in [0.05, 0.1) is 6.61 Å². The fourth-order valence-electron chi connectivity index (χ4n) is 3.11. The summed E-state index contributed by atoms with van der Waals surface area (Å²) in [7, 11) is 0. The first-order chi connectivity index (χ1) is 10.9. The van der Waals surface area contributed by atoms with E-state index in [0.29, 0.717) is 0 Å². The van der Waals surface area contributed by atoms with Crippen LogP contribution in [-0.4, -0.2) is 70.4 Å². The highest BCUT2D eigenvalue weighted by atomic mass is 16.5. The summed E-state index contributed by atoms with van der Waals surface area (Å²) in [5.74, 6) is 0.997. The average Bonchev–Trinajstić information content (AvgIpc) is 2.61. The van der Waals surface area contributed by atoms with Gasteiger partial charge in [0, 0.05) is 70.7 Å². The SMILES string of the molecule is c1cc(OCCCN2CCNCC2)cc(N2CCNCC2)c1. The summed E-state index contributed by atoms with van der Waals surface area (Å²) in [6.45, 7) is 10.8. The summed E-state index contributed by atoms with van der Waals surface area (Å²) in [5.41, 5.74) is 1.28. The maximum absolute atomic E-state index is 5.94. The third kappa shape index (κ3) is 4.60. The zero-order valence-corrected chi connectivity index (χ0v) is 13.4. The van der Waals surface area contributed by atoms with E-state index in [0.717, 1.165) is 64.6 Å². The number of hydrogen-bond donors (Lipinski definition) is 2. The van der Waals surface area contributed by atoms with Crippen LogP contribution in [0.1, 0.15) is 6.42 Å². The van der Waals surface area contributed by atoms with Crippen LogP contribution in [0, 0.1) is 0 Å². The fraction of sp³-hybridized carbons (Fsp3) is 0.647. The molecule has 0 atom stereocenters. The summed E-state index contributed by atoms with van der Waals surface area (Å²) in [6, 6.07) is 8.52. The molecular formula is C17H28N4O. The molecule has 5 heteroatoms. The van der Waals surface area contributed by atoms with Crippen molar-refractivity contribution in [2.75, 3.05) is 70.4 Å². The van der Waals surface area contributed by atoms with Crippen LogP contribution in [0.4, 0.5) is 5.69 Å². The topological polar surface area (TPSA) is 39.8 Å². The molecule has 2 heterocycles. The largest absolute Gasteiger partial charge is 0.493 e. The van der Waals surface area contributed by atoms with Crippen LogP contribution in [-0.2, 0) is 0 Å². The molecule has 0 aromatic heterocycles. The van der Waals surface area contributed by atoms with Crippen molar-refractivity contribution in [1.29, 1.82) is 0 Å². The van der Waals surface area contributed by atoms with Crippen LogP contribution in [0.3, 0.4) is 0 Å². The molecule has 0 spiro atoms. The summed E-state index contributed by atoms with van der Waals surface area (Å²) in [5, 5.41) is 6.78. The van der Waals surface area contributed by atoms with Gasteiger partial charge < -0.3 is 25.2 Å². The molecule has 0 unspecified atom stereocenters. The Balaban J connectivity index is 1.42. The van der Waals surface area contributed by atoms with E-state index in [2.05, 4.69) is 44.7 Å². The van der Waals surface area contributed by atoms with E-state index < -0.39 is 0 Å². The molecule has 2 saturated heterocycles. The first kappa shape index (κ1) is 15.6. The summed E-state index contributed by atoms with van der Waals surface area (Å²) >= 11 is 0. The highest BCUT2D eigenvalue weighted by molar-refractivity contribution is 5.51. The minimum absolute atomic E-state index is 0.801. The Kier molecular flexibility index (Phi) is 5.93. The third-order valence-electron chi connectivity index (χ3n) is 4.40. The van der Waals surface area contributed by atoms with Crippen molar-refractivity contribution in [3.05, 3.63) is 24.3 Å². The Morgan fingerprint density at radius 3 is 2.45 bits per heavy atom. The van der Waals surface area contributed by atoms with Crippen molar-refractivity contribution in [3.63, 3.8) is 0 Å². The van der Waals surface area contributed by atoms with Crippen LogP contribution in [0.15, 0.2) is 24.3 Å². The van der Waals surface area contributed by atoms with E-state index in [1.807, 2.05) is 0 Å². The molecule has 2 N–H and O–H groups in total. The molecule has 22 heavy (non-hydrogen) atoms. The van der Waals surface area contributed by atoms with Gasteiger partial charge in [0.25, 0.3) is 0 Å². The molecule has 2 aliphatic rings. The van der Waals surface area contributed by atoms with Gasteiger partial charge in [0.1, 0.15) is 5.75 Å². The van der Waals surface area contributed by atoms with Gasteiger partial charge in [-0.2, -0.15) is 0 Å². The maximum Gasteiger partial charge on any atom is 0.121 e. The Morgan fingerprint density at radius 2 is 1.68 bits per heavy atom. The molecule has 3 rings (SSSR count). The number of hydrogen-bond acceptors (Lipinski definition) is 5. The number of ether oxygens (including phenoxy) is 1. The molecule has 0 amide bonds. The summed E-state index contributed by atoms with van der Waals surface area (Å²) in [6.07, 6.45) is 1.10. The zero-order valence-electron chi connectivity index (χ0n) is 13.4. The van der Waals surface area contributed by atoms with E-state index in [1.54, 1.807) is 0 Å². The van der Waals surface area contributed by atoms with Gasteiger partial charge in [0.2, 0.25) is 0 Å². The van der Waals surface area contributed by atoms with Gasteiger partial charge >= 0.3 is 0 Å². The predicted molar refractivity (Wildman–Crippen MR) is 90.9 cm³/mol. The predicted octanol–water partition coefficient (Wildman–Crippen LogP) is 0.770. The number of rotatable bonds is 6. The second kappa shape index (κ2) is 8.36. The minimum atomic E-state index is 0.801. The van der Waals surface area contributed by atoms with E-state index in [9.17, 15) is 0 Å². The fourth-order valence-corrected chi connectivity index (χ4v) is 3.11. The minimum Gasteiger partial charge on any atom is -0.493 e. The maximum atomic E-state index is 5.94. The van der Waals surface area contributed by atoms with E-state index in [1.165, 1.54) is 18.8 Å². The van der Waals surface area contributed by atoms with Crippen molar-refractivity contribution in [2.45, 2.75) is 6.42 Å². The molecule has 0 radical (unpaired) electrons. The lowest BCUT2D eigenvalue weighted by atomic mass is 10.2. The van der Waals surface area contributed by atoms with Crippen LogP contribution in [0.25, 0.3) is 0 Å². The van der Waals surface area contributed by atoms with Crippen molar-refractivity contribution < 1.29 is 4.74 Å². The van der Waals surface area contributed by atoms with Gasteiger partial charge in [-0.25, -0.2) is 0 Å². The van der Waals surface area contributed by atoms with Gasteiger partial charge in [-0.3, -0.25) is 0 Å². The van der Waals surface area contributed by atoms with Gasteiger partial charge in [-0.1, -0.05) is 6.07 Å². The Labute approximate surface area is 133 Å². The van der Waals surface area contributed by atoms with Crippen molar-refractivity contribution in [1.82, 2.24) is 15.5 Å². The van der Waals surface area contributed by atoms with E-state index in [4.69, 9.17) is 4.74 Å². The molecule has 0 saturated carbocycles. The van der Waals surface area contributed by atoms with E-state index in [-0.39, 0.29) is 0 Å². The highest BCUT2D eigenvalue weighted by Crippen LogP contribution is 2.21. The molecule has 2 fully saturated rings. The number of nitrogens with one attached hydrogen (secondary N) is 2. The molecule has 1 aromatic rings. The van der Waals surface area contributed by atoms with Crippen molar-refractivity contribution in [3.8, 4) is 5.75 Å². The van der Waals surface area contributed by atoms with Gasteiger partial charge in [-0.05, 0) is 18.6 Å². The van der Waals surface area contributed by atoms with Crippen LogP contribution < -0.4 is 20.3 Å². The van der Waals surface area contributed by atoms with Gasteiger partial charge in [0.15, 0.2) is 0 Å². The first-order valence-corrected chi connectivity index (χ1v) is 8.53. The average molecular weight is 304 g/mol. The van der Waals surface area contributed by atoms with Crippen LogP contribution in [0.2, 0.25) is 0 Å². The summed E-state index contributed by atoms with van der Waals surface area (Å²) in [4.78, 5) is 4.93. The monoisotopic (exact) mass is 304 g/mol. The highest BCUT2D eigenvalue weighted by Gasteiger charge is 2.11. The molecule has 0 bridgehead atoms. The Morgan fingerprint density at radius 1 is 0.955 bits per heavy atom. The second-order valence-corrected chi connectivity index (χ2v) is 6.03. The van der Waals surface area contributed by atoms with Crippen LogP contribution >= 0.6 is 0 Å². The normalized spacial score (nSPS) is 20.1. The van der Waals surface area contributed by atoms with E-state index >= 15 is 0 Å². The van der Waals surface area contributed by atoms with Crippen molar-refractivity contribution >= 4 is 5.69 Å². The lowest BCUT2D eigenvalue weighted by Gasteiger charge is -2.29. The molecule has 5 nitrogen and oxygen atoms in total.